The highest BCUT2D eigenvalue weighted by Crippen LogP contribution is 2.29. The van der Waals surface area contributed by atoms with Gasteiger partial charge >= 0.3 is 0 Å². The van der Waals surface area contributed by atoms with Gasteiger partial charge in [0.2, 0.25) is 11.9 Å². The highest BCUT2D eigenvalue weighted by molar-refractivity contribution is 7.99. The number of thioether (sulfide) groups is 1. The second-order valence-corrected chi connectivity index (χ2v) is 11.0. The Morgan fingerprint density at radius 1 is 1.03 bits per heavy atom. The molecule has 0 unspecified atom stereocenters. The fraction of sp³-hybridized carbons (Fsp3) is 0.348. The van der Waals surface area contributed by atoms with Gasteiger partial charge in [-0.1, -0.05) is 41.6 Å². The molecule has 33 heavy (non-hydrogen) atoms. The number of para-hydroxylation sites is 1. The molecule has 3 aromatic rings. The average molecular weight is 486 g/mol. The molecule has 1 aliphatic rings. The Balaban J connectivity index is 1.55. The predicted molar refractivity (Wildman–Crippen MR) is 131 cm³/mol. The van der Waals surface area contributed by atoms with Crippen LogP contribution >= 0.6 is 11.8 Å². The van der Waals surface area contributed by atoms with Crippen LogP contribution in [-0.2, 0) is 14.6 Å². The van der Waals surface area contributed by atoms with Gasteiger partial charge in [-0.05, 0) is 50.5 Å². The van der Waals surface area contributed by atoms with E-state index in [1.54, 1.807) is 18.2 Å². The van der Waals surface area contributed by atoms with Crippen LogP contribution < -0.4 is 10.2 Å². The summed E-state index contributed by atoms with van der Waals surface area (Å²) >= 11 is 1.27. The summed E-state index contributed by atoms with van der Waals surface area (Å²) in [6.07, 6.45) is 4.57. The Labute approximate surface area is 198 Å². The number of piperidine rings is 1. The van der Waals surface area contributed by atoms with Crippen molar-refractivity contribution in [2.45, 2.75) is 36.2 Å². The molecule has 1 N–H and O–H groups in total. The lowest BCUT2D eigenvalue weighted by molar-refractivity contribution is -0.113. The van der Waals surface area contributed by atoms with Gasteiger partial charge in [0, 0.05) is 19.3 Å². The minimum atomic E-state index is -3.46. The number of rotatable bonds is 7. The number of aryl methyl sites for hydroxylation is 1. The number of anilines is 2. The topological polar surface area (TPSA) is 97.2 Å². The van der Waals surface area contributed by atoms with Crippen molar-refractivity contribution in [2.75, 3.05) is 35.3 Å². The highest BCUT2D eigenvalue weighted by atomic mass is 32.2. The summed E-state index contributed by atoms with van der Waals surface area (Å²) in [5.41, 5.74) is 2.38. The van der Waals surface area contributed by atoms with Crippen LogP contribution in [0.4, 0.5) is 11.6 Å². The molecule has 174 valence electrons. The van der Waals surface area contributed by atoms with Gasteiger partial charge in [0.25, 0.3) is 0 Å². The molecule has 0 spiro atoms. The lowest BCUT2D eigenvalue weighted by Gasteiger charge is -2.27. The molecule has 1 saturated heterocycles. The van der Waals surface area contributed by atoms with E-state index in [-0.39, 0.29) is 22.2 Å². The smallest absolute Gasteiger partial charge is 0.234 e. The zero-order valence-corrected chi connectivity index (χ0v) is 20.3. The van der Waals surface area contributed by atoms with Crippen LogP contribution in [-0.4, -0.2) is 54.2 Å². The van der Waals surface area contributed by atoms with Gasteiger partial charge in [-0.2, -0.15) is 0 Å². The summed E-state index contributed by atoms with van der Waals surface area (Å²) in [5.74, 6) is 0.542. The highest BCUT2D eigenvalue weighted by Gasteiger charge is 2.22. The summed E-state index contributed by atoms with van der Waals surface area (Å²) in [6, 6.07) is 14.5. The van der Waals surface area contributed by atoms with Crippen LogP contribution in [0.2, 0.25) is 0 Å². The van der Waals surface area contributed by atoms with Crippen molar-refractivity contribution in [3.63, 3.8) is 0 Å². The average Bonchev–Trinajstić information content (AvgIpc) is 3.22. The molecule has 0 radical (unpaired) electrons. The molecule has 4 rings (SSSR count). The number of nitrogens with one attached hydrogen (secondary N) is 1. The minimum Gasteiger partial charge on any atom is -0.341 e. The monoisotopic (exact) mass is 485 g/mol. The van der Waals surface area contributed by atoms with Crippen molar-refractivity contribution >= 4 is 39.1 Å². The van der Waals surface area contributed by atoms with Gasteiger partial charge in [-0.3, -0.25) is 9.36 Å². The molecular formula is C23H27N5O3S2. The first-order valence-electron chi connectivity index (χ1n) is 10.8. The summed E-state index contributed by atoms with van der Waals surface area (Å²) < 4.78 is 26.0. The molecule has 1 amide bonds. The number of carbonyl (C=O) groups is 1. The van der Waals surface area contributed by atoms with Gasteiger partial charge in [0.05, 0.1) is 22.0 Å². The standard InChI is InChI=1S/C23H27N5O3S2/c1-17-10-12-18(13-11-17)28-22(27-14-6-3-7-15-27)25-26-23(28)32-16-21(29)24-19-8-4-5-9-20(19)33(2,30)31/h4-5,8-13H,3,6-7,14-16H2,1-2H3,(H,24,29). The number of aromatic nitrogens is 3. The molecule has 1 fully saturated rings. The number of hydrogen-bond donors (Lipinski definition) is 1. The predicted octanol–water partition coefficient (Wildman–Crippen LogP) is 3.70. The van der Waals surface area contributed by atoms with Gasteiger partial charge in [-0.25, -0.2) is 8.42 Å². The molecule has 8 nitrogen and oxygen atoms in total. The van der Waals surface area contributed by atoms with E-state index in [0.717, 1.165) is 49.4 Å². The van der Waals surface area contributed by atoms with E-state index < -0.39 is 9.84 Å². The fourth-order valence-electron chi connectivity index (χ4n) is 3.78. The Kier molecular flexibility index (Phi) is 7.04. The first kappa shape index (κ1) is 23.3. The number of benzene rings is 2. The van der Waals surface area contributed by atoms with Gasteiger partial charge in [-0.15, -0.1) is 10.2 Å². The lowest BCUT2D eigenvalue weighted by Crippen LogP contribution is -2.31. The SMILES string of the molecule is Cc1ccc(-n2c(SCC(=O)Nc3ccccc3S(C)(=O)=O)nnc2N2CCCCC2)cc1. The number of carbonyl (C=O) groups excluding carboxylic acids is 1. The Morgan fingerprint density at radius 3 is 2.42 bits per heavy atom. The number of nitrogens with zero attached hydrogens (tertiary/aromatic N) is 4. The molecule has 1 aliphatic heterocycles. The normalized spacial score (nSPS) is 14.3. The van der Waals surface area contributed by atoms with Gasteiger partial charge < -0.3 is 10.2 Å². The molecule has 0 aliphatic carbocycles. The molecule has 0 saturated carbocycles. The van der Waals surface area contributed by atoms with Gasteiger partial charge in [0.15, 0.2) is 15.0 Å². The first-order chi connectivity index (χ1) is 15.8. The van der Waals surface area contributed by atoms with Crippen molar-refractivity contribution in [2.24, 2.45) is 0 Å². The molecular weight excluding hydrogens is 458 g/mol. The van der Waals surface area contributed by atoms with Crippen molar-refractivity contribution in [3.8, 4) is 5.69 Å². The van der Waals surface area contributed by atoms with Crippen molar-refractivity contribution < 1.29 is 13.2 Å². The molecule has 1 aromatic heterocycles. The summed E-state index contributed by atoms with van der Waals surface area (Å²) in [5, 5.41) is 12.2. The van der Waals surface area contributed by atoms with E-state index in [1.165, 1.54) is 24.2 Å². The van der Waals surface area contributed by atoms with E-state index in [9.17, 15) is 13.2 Å². The van der Waals surface area contributed by atoms with E-state index >= 15 is 0 Å². The largest absolute Gasteiger partial charge is 0.341 e. The quantitative estimate of drug-likeness (QED) is 0.510. The minimum absolute atomic E-state index is 0.0715. The Bertz CT molecular complexity index is 1230. The fourth-order valence-corrected chi connectivity index (χ4v) is 5.38. The second-order valence-electron chi connectivity index (χ2n) is 8.11. The maximum atomic E-state index is 12.7. The van der Waals surface area contributed by atoms with Crippen LogP contribution in [0.1, 0.15) is 24.8 Å². The van der Waals surface area contributed by atoms with Crippen molar-refractivity contribution in [1.29, 1.82) is 0 Å². The summed E-state index contributed by atoms with van der Waals surface area (Å²) in [4.78, 5) is 15.0. The summed E-state index contributed by atoms with van der Waals surface area (Å²) in [7, 11) is -3.46. The maximum absolute atomic E-state index is 12.7. The molecule has 0 atom stereocenters. The molecule has 2 aromatic carbocycles. The third-order valence-corrected chi connectivity index (χ3v) is 7.52. The van der Waals surface area contributed by atoms with Crippen LogP contribution in [0.15, 0.2) is 58.6 Å². The van der Waals surface area contributed by atoms with E-state index in [4.69, 9.17) is 0 Å². The Hall–Kier alpha value is -2.85. The molecule has 10 heteroatoms. The van der Waals surface area contributed by atoms with Gasteiger partial charge in [0.1, 0.15) is 0 Å². The van der Waals surface area contributed by atoms with Crippen molar-refractivity contribution in [3.05, 3.63) is 54.1 Å². The third kappa shape index (κ3) is 5.56. The lowest BCUT2D eigenvalue weighted by atomic mass is 10.1. The van der Waals surface area contributed by atoms with E-state index in [0.29, 0.717) is 5.16 Å². The maximum Gasteiger partial charge on any atom is 0.234 e. The number of hydrogen-bond acceptors (Lipinski definition) is 7. The second kappa shape index (κ2) is 9.96. The summed E-state index contributed by atoms with van der Waals surface area (Å²) in [6.45, 7) is 3.89. The van der Waals surface area contributed by atoms with Crippen LogP contribution in [0.3, 0.4) is 0 Å². The Morgan fingerprint density at radius 2 is 1.73 bits per heavy atom. The van der Waals surface area contributed by atoms with Crippen LogP contribution in [0.5, 0.6) is 0 Å². The first-order valence-corrected chi connectivity index (χ1v) is 13.7. The molecule has 2 heterocycles. The van der Waals surface area contributed by atoms with E-state index in [1.807, 2.05) is 35.8 Å². The van der Waals surface area contributed by atoms with Crippen LogP contribution in [0, 0.1) is 6.92 Å². The number of sulfone groups is 1. The van der Waals surface area contributed by atoms with Crippen molar-refractivity contribution in [1.82, 2.24) is 14.8 Å². The van der Waals surface area contributed by atoms with E-state index in [2.05, 4.69) is 20.4 Å². The molecule has 0 bridgehead atoms. The number of amides is 1. The zero-order chi connectivity index (χ0) is 23.4. The van der Waals surface area contributed by atoms with Crippen LogP contribution in [0.25, 0.3) is 5.69 Å². The third-order valence-electron chi connectivity index (χ3n) is 5.44. The zero-order valence-electron chi connectivity index (χ0n) is 18.7.